The molecule has 0 radical (unpaired) electrons. The molecule has 4 fully saturated rings. The zero-order valence-corrected chi connectivity index (χ0v) is 19.8. The van der Waals surface area contributed by atoms with E-state index in [4.69, 9.17) is 5.73 Å². The molecular formula is C28H50N2O. The normalized spacial score (nSPS) is 44.1. The van der Waals surface area contributed by atoms with Gasteiger partial charge in [0.1, 0.15) is 0 Å². The number of rotatable bonds is 6. The molecule has 0 bridgehead atoms. The van der Waals surface area contributed by atoms with Crippen LogP contribution in [0.1, 0.15) is 112 Å². The Labute approximate surface area is 192 Å². The molecule has 0 aromatic heterocycles. The van der Waals surface area contributed by atoms with Gasteiger partial charge in [0, 0.05) is 0 Å². The number of hydrogen-bond donors (Lipinski definition) is 2. The quantitative estimate of drug-likeness (QED) is 0.276. The van der Waals surface area contributed by atoms with Crippen LogP contribution in [0, 0.1) is 39.9 Å². The fourth-order valence-electron chi connectivity index (χ4n) is 9.02. The van der Waals surface area contributed by atoms with E-state index in [1.54, 1.807) is 6.08 Å². The van der Waals surface area contributed by atoms with Gasteiger partial charge >= 0.3 is 0 Å². The van der Waals surface area contributed by atoms with Gasteiger partial charge in [-0.2, -0.15) is 0 Å². The predicted molar refractivity (Wildman–Crippen MR) is 131 cm³/mol. The lowest BCUT2D eigenvalue weighted by atomic mass is 9.40. The van der Waals surface area contributed by atoms with E-state index in [0.29, 0.717) is 16.2 Å². The van der Waals surface area contributed by atoms with Crippen LogP contribution < -0.4 is 11.1 Å². The number of nitrogens with one attached hydrogen (secondary N) is 1. The molecule has 4 aliphatic carbocycles. The highest BCUT2D eigenvalue weighted by molar-refractivity contribution is 5.87. The maximum atomic E-state index is 11.5. The van der Waals surface area contributed by atoms with Crippen LogP contribution in [0.25, 0.3) is 0 Å². The SMILES string of the molecule is C.CC12CCC3C(CCC4(C)CCCCC34C)C1CCC2CCC/C=C/C(=O)NCN. The Kier molecular flexibility index (Phi) is 7.66. The third kappa shape index (κ3) is 4.25. The van der Waals surface area contributed by atoms with Gasteiger partial charge in [0.2, 0.25) is 5.91 Å². The lowest BCUT2D eigenvalue weighted by molar-refractivity contribution is -0.152. The van der Waals surface area contributed by atoms with Gasteiger partial charge in [-0.15, -0.1) is 0 Å². The number of carbonyl (C=O) groups is 1. The second-order valence-corrected chi connectivity index (χ2v) is 12.0. The number of carbonyl (C=O) groups excluding carboxylic acids is 1. The van der Waals surface area contributed by atoms with E-state index in [-0.39, 0.29) is 20.0 Å². The molecule has 1 amide bonds. The molecule has 0 saturated heterocycles. The molecule has 0 aliphatic heterocycles. The molecule has 0 aromatic carbocycles. The summed E-state index contributed by atoms with van der Waals surface area (Å²) in [6.45, 7) is 8.22. The Morgan fingerprint density at radius 3 is 2.55 bits per heavy atom. The fraction of sp³-hybridized carbons (Fsp3) is 0.893. The van der Waals surface area contributed by atoms with Gasteiger partial charge in [-0.25, -0.2) is 0 Å². The molecule has 3 N–H and O–H groups in total. The molecule has 4 saturated carbocycles. The van der Waals surface area contributed by atoms with Crippen LogP contribution in [0.5, 0.6) is 0 Å². The Hall–Kier alpha value is -0.830. The van der Waals surface area contributed by atoms with Crippen LogP contribution in [0.3, 0.4) is 0 Å². The van der Waals surface area contributed by atoms with Crippen molar-refractivity contribution >= 4 is 5.91 Å². The average Bonchev–Trinajstić information content (AvgIpc) is 3.05. The van der Waals surface area contributed by atoms with Crippen molar-refractivity contribution in [2.75, 3.05) is 6.67 Å². The van der Waals surface area contributed by atoms with E-state index < -0.39 is 0 Å². The monoisotopic (exact) mass is 430 g/mol. The van der Waals surface area contributed by atoms with Gasteiger partial charge in [-0.1, -0.05) is 47.1 Å². The molecule has 3 heteroatoms. The highest BCUT2D eigenvalue weighted by atomic mass is 16.1. The molecule has 4 aliphatic rings. The molecule has 178 valence electrons. The second kappa shape index (κ2) is 9.57. The number of amides is 1. The van der Waals surface area contributed by atoms with Gasteiger partial charge in [-0.3, -0.25) is 4.79 Å². The fourth-order valence-corrected chi connectivity index (χ4v) is 9.02. The lowest BCUT2D eigenvalue weighted by Gasteiger charge is -2.64. The zero-order chi connectivity index (χ0) is 21.4. The first-order chi connectivity index (χ1) is 14.3. The van der Waals surface area contributed by atoms with Crippen LogP contribution in [0.4, 0.5) is 0 Å². The molecule has 31 heavy (non-hydrogen) atoms. The first kappa shape index (κ1) is 24.8. The molecule has 7 atom stereocenters. The summed E-state index contributed by atoms with van der Waals surface area (Å²) < 4.78 is 0. The summed E-state index contributed by atoms with van der Waals surface area (Å²) in [6.07, 6.45) is 22.0. The predicted octanol–water partition coefficient (Wildman–Crippen LogP) is 6.82. The number of nitrogens with two attached hydrogens (primary N) is 1. The van der Waals surface area contributed by atoms with E-state index >= 15 is 0 Å². The van der Waals surface area contributed by atoms with Crippen LogP contribution in [-0.4, -0.2) is 12.6 Å². The number of unbranched alkanes of at least 4 members (excludes halogenated alkanes) is 1. The van der Waals surface area contributed by atoms with Crippen molar-refractivity contribution in [3.63, 3.8) is 0 Å². The minimum absolute atomic E-state index is 0. The van der Waals surface area contributed by atoms with Crippen LogP contribution >= 0.6 is 0 Å². The Morgan fingerprint density at radius 1 is 1.00 bits per heavy atom. The first-order valence-corrected chi connectivity index (χ1v) is 13.0. The summed E-state index contributed by atoms with van der Waals surface area (Å²) in [6, 6.07) is 0. The standard InChI is InChI=1S/C27H46N2O.CH4/c1-25-15-7-8-16-27(25,3)23-14-18-26(2)20(11-12-22(26)21(23)13-17-25)9-5-4-6-10-24(30)29-19-28;/h6,10,20-23H,4-5,7-9,11-19,28H2,1-3H3,(H,29,30);1H4/b10-6+;. The van der Waals surface area contributed by atoms with Gasteiger partial charge in [0.05, 0.1) is 6.67 Å². The van der Waals surface area contributed by atoms with E-state index in [2.05, 4.69) is 26.1 Å². The van der Waals surface area contributed by atoms with Crippen LogP contribution in [-0.2, 0) is 4.79 Å². The van der Waals surface area contributed by atoms with Crippen molar-refractivity contribution in [3.05, 3.63) is 12.2 Å². The lowest BCUT2D eigenvalue weighted by Crippen LogP contribution is -2.56. The van der Waals surface area contributed by atoms with Crippen molar-refractivity contribution < 1.29 is 4.79 Å². The van der Waals surface area contributed by atoms with Crippen molar-refractivity contribution in [2.24, 2.45) is 45.7 Å². The summed E-state index contributed by atoms with van der Waals surface area (Å²) in [5, 5.41) is 2.62. The molecule has 0 heterocycles. The van der Waals surface area contributed by atoms with E-state index in [9.17, 15) is 4.79 Å². The first-order valence-electron chi connectivity index (χ1n) is 13.0. The molecule has 0 aromatic rings. The Morgan fingerprint density at radius 2 is 1.77 bits per heavy atom. The summed E-state index contributed by atoms with van der Waals surface area (Å²) >= 11 is 0. The molecule has 4 rings (SSSR count). The van der Waals surface area contributed by atoms with Crippen molar-refractivity contribution in [3.8, 4) is 0 Å². The molecule has 3 nitrogen and oxygen atoms in total. The topological polar surface area (TPSA) is 55.1 Å². The third-order valence-corrected chi connectivity index (χ3v) is 11.0. The van der Waals surface area contributed by atoms with Gasteiger partial charge in [0.15, 0.2) is 0 Å². The smallest absolute Gasteiger partial charge is 0.244 e. The van der Waals surface area contributed by atoms with Crippen molar-refractivity contribution in [1.82, 2.24) is 5.32 Å². The molecule has 7 unspecified atom stereocenters. The van der Waals surface area contributed by atoms with Gasteiger partial charge in [-0.05, 0) is 117 Å². The largest absolute Gasteiger partial charge is 0.340 e. The van der Waals surface area contributed by atoms with E-state index in [1.807, 2.05) is 6.08 Å². The minimum atomic E-state index is -0.0655. The highest BCUT2D eigenvalue weighted by Crippen LogP contribution is 2.70. The maximum absolute atomic E-state index is 11.5. The number of fused-ring (bicyclic) bond motifs is 5. The summed E-state index contributed by atoms with van der Waals surface area (Å²) in [4.78, 5) is 11.5. The van der Waals surface area contributed by atoms with Crippen LogP contribution in [0.2, 0.25) is 0 Å². The third-order valence-electron chi connectivity index (χ3n) is 11.0. The average molecular weight is 431 g/mol. The zero-order valence-electron chi connectivity index (χ0n) is 19.8. The van der Waals surface area contributed by atoms with Crippen molar-refractivity contribution in [1.29, 1.82) is 0 Å². The number of hydrogen-bond acceptors (Lipinski definition) is 2. The van der Waals surface area contributed by atoms with E-state index in [0.717, 1.165) is 30.1 Å². The van der Waals surface area contributed by atoms with Gasteiger partial charge in [0.25, 0.3) is 0 Å². The van der Waals surface area contributed by atoms with Crippen LogP contribution in [0.15, 0.2) is 12.2 Å². The second-order valence-electron chi connectivity index (χ2n) is 12.0. The van der Waals surface area contributed by atoms with Gasteiger partial charge < -0.3 is 11.1 Å². The highest BCUT2D eigenvalue weighted by Gasteiger charge is 2.62. The minimum Gasteiger partial charge on any atom is -0.340 e. The molecular weight excluding hydrogens is 380 g/mol. The molecule has 0 spiro atoms. The summed E-state index contributed by atoms with van der Waals surface area (Å²) in [5.74, 6) is 3.77. The van der Waals surface area contributed by atoms with E-state index in [1.165, 1.54) is 77.0 Å². The Bertz CT molecular complexity index is 659. The summed E-state index contributed by atoms with van der Waals surface area (Å²) in [7, 11) is 0. The maximum Gasteiger partial charge on any atom is 0.244 e. The Balaban J connectivity index is 0.00000272. The number of allylic oxidation sites excluding steroid dienone is 1. The van der Waals surface area contributed by atoms with Crippen molar-refractivity contribution in [2.45, 2.75) is 112 Å². The summed E-state index contributed by atoms with van der Waals surface area (Å²) in [5.41, 5.74) is 7.13.